The van der Waals surface area contributed by atoms with Gasteiger partial charge in [0.1, 0.15) is 17.3 Å². The number of ether oxygens (including phenoxy) is 1. The summed E-state index contributed by atoms with van der Waals surface area (Å²) in [6.45, 7) is 1.84. The average molecular weight is 260 g/mol. The van der Waals surface area contributed by atoms with Crippen LogP contribution in [0.25, 0.3) is 0 Å². The summed E-state index contributed by atoms with van der Waals surface area (Å²) in [5.41, 5.74) is 0.370. The number of piperidine rings is 2. The Balaban J connectivity index is 1.96. The number of amides is 2. The quantitative estimate of drug-likeness (QED) is 0.771. The number of fused-ring (bicyclic) bond motifs is 3. The smallest absolute Gasteiger partial charge is 0.235 e. The number of hydrogen-bond acceptors (Lipinski definition) is 3. The number of benzene rings is 1. The monoisotopic (exact) mass is 260 g/mol. The van der Waals surface area contributed by atoms with E-state index in [-0.39, 0.29) is 17.7 Å². The molecule has 0 spiro atoms. The van der Waals surface area contributed by atoms with E-state index in [2.05, 4.69) is 10.6 Å². The molecule has 2 bridgehead atoms. The largest absolute Gasteiger partial charge is 0.497 e. The summed E-state index contributed by atoms with van der Waals surface area (Å²) in [5, 5.41) is 5.70. The van der Waals surface area contributed by atoms with E-state index in [1.54, 1.807) is 7.11 Å². The van der Waals surface area contributed by atoms with E-state index in [0.29, 0.717) is 6.42 Å². The lowest BCUT2D eigenvalue weighted by molar-refractivity contribution is -0.149. The summed E-state index contributed by atoms with van der Waals surface area (Å²) in [5.74, 6) is -0.296. The highest BCUT2D eigenvalue weighted by molar-refractivity contribution is 6.05. The van der Waals surface area contributed by atoms with Crippen molar-refractivity contribution in [1.82, 2.24) is 10.6 Å². The van der Waals surface area contributed by atoms with E-state index in [1.165, 1.54) is 0 Å². The molecule has 1 aromatic carbocycles. The topological polar surface area (TPSA) is 67.4 Å². The number of hydrogen-bond donors (Lipinski definition) is 2. The van der Waals surface area contributed by atoms with Gasteiger partial charge in [0.2, 0.25) is 11.8 Å². The molecule has 3 aliphatic rings. The molecular formula is C14H16N2O3. The molecule has 5 heteroatoms. The first kappa shape index (κ1) is 12.0. The fourth-order valence-electron chi connectivity index (χ4n) is 3.04. The first-order valence-electron chi connectivity index (χ1n) is 6.30. The molecule has 2 N–H and O–H groups in total. The molecule has 1 aromatic rings. The van der Waals surface area contributed by atoms with Crippen LogP contribution in [0.2, 0.25) is 0 Å². The first-order chi connectivity index (χ1) is 9.02. The Hall–Kier alpha value is -2.04. The van der Waals surface area contributed by atoms with Gasteiger partial charge in [0, 0.05) is 5.92 Å². The molecule has 19 heavy (non-hydrogen) atoms. The molecule has 3 fully saturated rings. The Kier molecular flexibility index (Phi) is 2.52. The maximum atomic E-state index is 12.0. The van der Waals surface area contributed by atoms with Crippen LogP contribution < -0.4 is 15.4 Å². The molecule has 0 radical (unpaired) electrons. The van der Waals surface area contributed by atoms with Crippen LogP contribution in [0, 0.1) is 5.92 Å². The highest BCUT2D eigenvalue weighted by atomic mass is 16.5. The van der Waals surface area contributed by atoms with Crippen molar-refractivity contribution >= 4 is 11.8 Å². The lowest BCUT2D eigenvalue weighted by atomic mass is 9.72. The standard InChI is InChI=1S/C14H16N2O3/c1-14-7-10(8-3-5-9(19-2)6-4-8)11(12(17)15-14)13(18)16-14/h3-6,10-11H,7H2,1-2H3,(H,15,17)(H,16,18)/t10-,11?,14?/m1/s1. The second-order valence-electron chi connectivity index (χ2n) is 5.37. The Morgan fingerprint density at radius 1 is 1.16 bits per heavy atom. The van der Waals surface area contributed by atoms with Crippen LogP contribution in [0.5, 0.6) is 5.75 Å². The van der Waals surface area contributed by atoms with E-state index in [1.807, 2.05) is 31.2 Å². The first-order valence-corrected chi connectivity index (χ1v) is 6.30. The van der Waals surface area contributed by atoms with Crippen molar-refractivity contribution in [2.45, 2.75) is 24.9 Å². The second kappa shape index (κ2) is 3.98. The summed E-state index contributed by atoms with van der Waals surface area (Å²) in [4.78, 5) is 24.0. The average Bonchev–Trinajstić information content (AvgIpc) is 2.36. The van der Waals surface area contributed by atoms with E-state index >= 15 is 0 Å². The minimum Gasteiger partial charge on any atom is -0.497 e. The zero-order valence-electron chi connectivity index (χ0n) is 10.9. The highest BCUT2D eigenvalue weighted by Gasteiger charge is 2.52. The third kappa shape index (κ3) is 1.85. The Morgan fingerprint density at radius 2 is 1.74 bits per heavy atom. The molecule has 0 saturated carbocycles. The molecule has 4 rings (SSSR count). The molecule has 0 aromatic heterocycles. The summed E-state index contributed by atoms with van der Waals surface area (Å²) >= 11 is 0. The lowest BCUT2D eigenvalue weighted by Gasteiger charge is -2.48. The van der Waals surface area contributed by atoms with Crippen LogP contribution in [0.15, 0.2) is 24.3 Å². The molecule has 1 atom stereocenters. The van der Waals surface area contributed by atoms with Gasteiger partial charge in [-0.25, -0.2) is 0 Å². The minimum atomic E-state index is -0.631. The molecule has 5 nitrogen and oxygen atoms in total. The lowest BCUT2D eigenvalue weighted by Crippen LogP contribution is -2.72. The number of carbonyl (C=O) groups excluding carboxylic acids is 2. The van der Waals surface area contributed by atoms with E-state index in [9.17, 15) is 9.59 Å². The van der Waals surface area contributed by atoms with Gasteiger partial charge in [0.15, 0.2) is 0 Å². The molecule has 3 aliphatic heterocycles. The maximum absolute atomic E-state index is 12.0. The van der Waals surface area contributed by atoms with Gasteiger partial charge >= 0.3 is 0 Å². The zero-order valence-corrected chi connectivity index (χ0v) is 10.9. The van der Waals surface area contributed by atoms with Crippen molar-refractivity contribution in [2.24, 2.45) is 5.92 Å². The maximum Gasteiger partial charge on any atom is 0.235 e. The summed E-state index contributed by atoms with van der Waals surface area (Å²) in [6.07, 6.45) is 0.710. The molecular weight excluding hydrogens is 244 g/mol. The Morgan fingerprint density at radius 3 is 2.21 bits per heavy atom. The van der Waals surface area contributed by atoms with Crippen molar-refractivity contribution in [3.05, 3.63) is 29.8 Å². The van der Waals surface area contributed by atoms with E-state index in [0.717, 1.165) is 11.3 Å². The SMILES string of the molecule is COc1ccc([C@H]2CC3(C)NC(=O)C2C(=O)N3)cc1. The zero-order chi connectivity index (χ0) is 13.6. The van der Waals surface area contributed by atoms with Gasteiger partial charge < -0.3 is 15.4 Å². The van der Waals surface area contributed by atoms with E-state index < -0.39 is 11.6 Å². The van der Waals surface area contributed by atoms with Gasteiger partial charge in [0.25, 0.3) is 0 Å². The summed E-state index contributed by atoms with van der Waals surface area (Å²) in [6, 6.07) is 7.56. The van der Waals surface area contributed by atoms with Crippen molar-refractivity contribution in [2.75, 3.05) is 7.11 Å². The minimum absolute atomic E-state index is 0.0709. The predicted octanol–water partition coefficient (Wildman–Crippen LogP) is 0.761. The number of methoxy groups -OCH3 is 1. The van der Waals surface area contributed by atoms with Crippen LogP contribution in [0.3, 0.4) is 0 Å². The molecule has 0 unspecified atom stereocenters. The fourth-order valence-corrected chi connectivity index (χ4v) is 3.04. The number of nitrogens with one attached hydrogen (secondary N) is 2. The van der Waals surface area contributed by atoms with Crippen LogP contribution in [0.1, 0.15) is 24.8 Å². The highest BCUT2D eigenvalue weighted by Crippen LogP contribution is 2.40. The normalized spacial score (nSPS) is 32.7. The van der Waals surface area contributed by atoms with Crippen LogP contribution in [0.4, 0.5) is 0 Å². The van der Waals surface area contributed by atoms with Gasteiger partial charge in [-0.3, -0.25) is 9.59 Å². The van der Waals surface area contributed by atoms with Crippen LogP contribution in [-0.4, -0.2) is 24.6 Å². The molecule has 2 amide bonds. The third-order valence-corrected chi connectivity index (χ3v) is 3.94. The molecule has 0 aliphatic carbocycles. The predicted molar refractivity (Wildman–Crippen MR) is 68.5 cm³/mol. The van der Waals surface area contributed by atoms with Gasteiger partial charge in [-0.2, -0.15) is 0 Å². The van der Waals surface area contributed by atoms with Crippen molar-refractivity contribution in [3.8, 4) is 5.75 Å². The fraction of sp³-hybridized carbons (Fsp3) is 0.429. The summed E-state index contributed by atoms with van der Waals surface area (Å²) in [7, 11) is 1.61. The van der Waals surface area contributed by atoms with Gasteiger partial charge in [-0.15, -0.1) is 0 Å². The number of carbonyl (C=O) groups is 2. The molecule has 3 heterocycles. The summed E-state index contributed by atoms with van der Waals surface area (Å²) < 4.78 is 5.12. The number of rotatable bonds is 2. The Bertz CT molecular complexity index is 520. The molecule has 3 saturated heterocycles. The van der Waals surface area contributed by atoms with Crippen LogP contribution in [-0.2, 0) is 9.59 Å². The van der Waals surface area contributed by atoms with Crippen LogP contribution >= 0.6 is 0 Å². The van der Waals surface area contributed by atoms with Gasteiger partial charge in [-0.05, 0) is 31.0 Å². The van der Waals surface area contributed by atoms with E-state index in [4.69, 9.17) is 4.74 Å². The Labute approximate surface area is 111 Å². The van der Waals surface area contributed by atoms with Crippen molar-refractivity contribution < 1.29 is 14.3 Å². The molecule has 100 valence electrons. The van der Waals surface area contributed by atoms with Crippen molar-refractivity contribution in [3.63, 3.8) is 0 Å². The third-order valence-electron chi connectivity index (χ3n) is 3.94. The van der Waals surface area contributed by atoms with Gasteiger partial charge in [0.05, 0.1) is 7.11 Å². The second-order valence-corrected chi connectivity index (χ2v) is 5.37. The van der Waals surface area contributed by atoms with Crippen molar-refractivity contribution in [1.29, 1.82) is 0 Å². The van der Waals surface area contributed by atoms with Gasteiger partial charge in [-0.1, -0.05) is 12.1 Å².